The fourth-order valence-electron chi connectivity index (χ4n) is 6.52. The minimum Gasteiger partial charge on any atom is -0.208 e. The number of hydrogen-bond acceptors (Lipinski definition) is 3. The summed E-state index contributed by atoms with van der Waals surface area (Å²) in [5, 5.41) is 1.49. The SMILES string of the molecule is C[Si](C)(C)c1ccc(-c2cccc(-c3ccc(-c4cccc(-c5ccc(-c6nc(-c7ccccc7)nc(-c7ccccc7)n6)cc5)c4)cc3)c2)cc1. The van der Waals surface area contributed by atoms with E-state index in [1.165, 1.54) is 38.6 Å². The highest BCUT2D eigenvalue weighted by Gasteiger charge is 2.16. The molecule has 8 rings (SSSR count). The van der Waals surface area contributed by atoms with Gasteiger partial charge in [-0.05, 0) is 56.6 Å². The number of benzene rings is 7. The molecule has 0 aliphatic heterocycles. The van der Waals surface area contributed by atoms with Crippen molar-refractivity contribution in [3.63, 3.8) is 0 Å². The minimum atomic E-state index is -1.32. The molecule has 7 aromatic carbocycles. The van der Waals surface area contributed by atoms with Crippen molar-refractivity contribution in [1.29, 1.82) is 0 Å². The standard InChI is InChI=1S/C48H39N3Si/c1-52(2,3)45-30-28-37(29-31-45)44-19-11-17-42(33-44)35-22-20-34(21-23-35)41-16-10-18-43(32-41)36-24-26-40(27-25-36)48-50-46(38-12-6-4-7-13-38)49-47(51-48)39-14-8-5-9-15-39/h4-33H,1-3H3. The van der Waals surface area contributed by atoms with E-state index in [0.717, 1.165) is 27.8 Å². The van der Waals surface area contributed by atoms with Gasteiger partial charge in [0.1, 0.15) is 0 Å². The Kier molecular flexibility index (Phi) is 8.98. The van der Waals surface area contributed by atoms with Crippen LogP contribution in [0.1, 0.15) is 0 Å². The molecule has 1 heterocycles. The maximum absolute atomic E-state index is 4.89. The minimum absolute atomic E-state index is 0.651. The van der Waals surface area contributed by atoms with Gasteiger partial charge in [-0.25, -0.2) is 15.0 Å². The van der Waals surface area contributed by atoms with Crippen LogP contribution in [-0.4, -0.2) is 23.0 Å². The first kappa shape index (κ1) is 32.9. The number of aromatic nitrogens is 3. The highest BCUT2D eigenvalue weighted by Crippen LogP contribution is 2.32. The molecule has 0 bridgehead atoms. The second kappa shape index (κ2) is 14.2. The molecule has 0 aliphatic carbocycles. The van der Waals surface area contributed by atoms with Gasteiger partial charge in [-0.3, -0.25) is 0 Å². The molecule has 0 atom stereocenters. The normalized spacial score (nSPS) is 11.4. The fourth-order valence-corrected chi connectivity index (χ4v) is 7.69. The average Bonchev–Trinajstić information content (AvgIpc) is 3.21. The molecule has 0 unspecified atom stereocenters. The number of hydrogen-bond donors (Lipinski definition) is 0. The van der Waals surface area contributed by atoms with Gasteiger partial charge < -0.3 is 0 Å². The monoisotopic (exact) mass is 685 g/mol. The van der Waals surface area contributed by atoms with Crippen molar-refractivity contribution in [2.75, 3.05) is 0 Å². The van der Waals surface area contributed by atoms with Crippen molar-refractivity contribution in [3.8, 4) is 78.7 Å². The molecule has 52 heavy (non-hydrogen) atoms. The Hall–Kier alpha value is -6.23. The molecular weight excluding hydrogens is 647 g/mol. The van der Waals surface area contributed by atoms with Gasteiger partial charge in [0, 0.05) is 16.7 Å². The molecule has 0 aliphatic rings. The van der Waals surface area contributed by atoms with Gasteiger partial charge in [0.2, 0.25) is 0 Å². The van der Waals surface area contributed by atoms with Crippen LogP contribution in [0.4, 0.5) is 0 Å². The van der Waals surface area contributed by atoms with Crippen LogP contribution in [0.5, 0.6) is 0 Å². The van der Waals surface area contributed by atoms with Crippen molar-refractivity contribution in [2.45, 2.75) is 19.6 Å². The third-order valence-electron chi connectivity index (χ3n) is 9.54. The Bertz CT molecular complexity index is 2390. The molecule has 3 nitrogen and oxygen atoms in total. The van der Waals surface area contributed by atoms with E-state index in [1.54, 1.807) is 0 Å². The fraction of sp³-hybridized carbons (Fsp3) is 0.0625. The zero-order valence-electron chi connectivity index (χ0n) is 29.7. The summed E-state index contributed by atoms with van der Waals surface area (Å²) in [6.07, 6.45) is 0. The van der Waals surface area contributed by atoms with Crippen LogP contribution in [0.15, 0.2) is 182 Å². The van der Waals surface area contributed by atoms with Crippen LogP contribution >= 0.6 is 0 Å². The highest BCUT2D eigenvalue weighted by atomic mass is 28.3. The summed E-state index contributed by atoms with van der Waals surface area (Å²) in [4.78, 5) is 14.6. The molecule has 1 aromatic heterocycles. The van der Waals surface area contributed by atoms with E-state index in [1.807, 2.05) is 60.7 Å². The van der Waals surface area contributed by atoms with E-state index in [0.29, 0.717) is 17.5 Å². The van der Waals surface area contributed by atoms with Crippen molar-refractivity contribution in [1.82, 2.24) is 15.0 Å². The van der Waals surface area contributed by atoms with E-state index < -0.39 is 8.07 Å². The number of rotatable bonds is 8. The first-order valence-electron chi connectivity index (χ1n) is 17.8. The second-order valence-corrected chi connectivity index (χ2v) is 19.3. The van der Waals surface area contributed by atoms with Crippen molar-refractivity contribution < 1.29 is 0 Å². The van der Waals surface area contributed by atoms with Gasteiger partial charge in [-0.15, -0.1) is 0 Å². The average molecular weight is 686 g/mol. The van der Waals surface area contributed by atoms with Crippen LogP contribution in [0.3, 0.4) is 0 Å². The van der Waals surface area contributed by atoms with Crippen LogP contribution in [0, 0.1) is 0 Å². The molecule has 0 saturated carbocycles. The van der Waals surface area contributed by atoms with Gasteiger partial charge in [0.25, 0.3) is 0 Å². The molecule has 0 spiro atoms. The third-order valence-corrected chi connectivity index (χ3v) is 11.6. The lowest BCUT2D eigenvalue weighted by Gasteiger charge is -2.17. The van der Waals surface area contributed by atoms with Crippen molar-refractivity contribution >= 4 is 13.3 Å². The molecule has 8 aromatic rings. The molecule has 4 heteroatoms. The van der Waals surface area contributed by atoms with E-state index in [-0.39, 0.29) is 0 Å². The van der Waals surface area contributed by atoms with Crippen LogP contribution < -0.4 is 5.19 Å². The Morgan fingerprint density at radius 2 is 0.538 bits per heavy atom. The lowest BCUT2D eigenvalue weighted by Crippen LogP contribution is -2.37. The summed E-state index contributed by atoms with van der Waals surface area (Å²) in [7, 11) is -1.32. The van der Waals surface area contributed by atoms with Gasteiger partial charge >= 0.3 is 0 Å². The summed E-state index contributed by atoms with van der Waals surface area (Å²) >= 11 is 0. The van der Waals surface area contributed by atoms with Gasteiger partial charge in [-0.1, -0.05) is 195 Å². The summed E-state index contributed by atoms with van der Waals surface area (Å²) in [5.74, 6) is 1.97. The van der Waals surface area contributed by atoms with E-state index in [2.05, 4.69) is 141 Å². The maximum atomic E-state index is 4.89. The Morgan fingerprint density at radius 1 is 0.269 bits per heavy atom. The summed E-state index contributed by atoms with van der Waals surface area (Å²) in [6.45, 7) is 7.17. The molecule has 0 amide bonds. The topological polar surface area (TPSA) is 38.7 Å². The molecule has 0 fully saturated rings. The van der Waals surface area contributed by atoms with Gasteiger partial charge in [-0.2, -0.15) is 0 Å². The van der Waals surface area contributed by atoms with Gasteiger partial charge in [0.15, 0.2) is 17.5 Å². The van der Waals surface area contributed by atoms with Crippen LogP contribution in [0.25, 0.3) is 78.7 Å². The first-order chi connectivity index (χ1) is 25.4. The van der Waals surface area contributed by atoms with Crippen LogP contribution in [-0.2, 0) is 0 Å². The lowest BCUT2D eigenvalue weighted by atomic mass is 9.95. The predicted octanol–water partition coefficient (Wildman–Crippen LogP) is 12.1. The molecule has 0 N–H and O–H groups in total. The molecule has 0 saturated heterocycles. The van der Waals surface area contributed by atoms with E-state index in [4.69, 9.17) is 15.0 Å². The molecule has 0 radical (unpaired) electrons. The Labute approximate surface area is 307 Å². The summed E-state index contributed by atoms with van der Waals surface area (Å²) in [5.41, 5.74) is 12.5. The van der Waals surface area contributed by atoms with Crippen molar-refractivity contribution in [3.05, 3.63) is 182 Å². The lowest BCUT2D eigenvalue weighted by molar-refractivity contribution is 1.07. The smallest absolute Gasteiger partial charge is 0.164 e. The third kappa shape index (κ3) is 7.16. The van der Waals surface area contributed by atoms with E-state index in [9.17, 15) is 0 Å². The molecule has 250 valence electrons. The molecular formula is C48H39N3Si. The summed E-state index contributed by atoms with van der Waals surface area (Å²) in [6, 6.07) is 64.3. The Balaban J connectivity index is 1.03. The quantitative estimate of drug-likeness (QED) is 0.149. The number of nitrogens with zero attached hydrogens (tertiary/aromatic N) is 3. The van der Waals surface area contributed by atoms with Gasteiger partial charge in [0.05, 0.1) is 8.07 Å². The van der Waals surface area contributed by atoms with E-state index >= 15 is 0 Å². The van der Waals surface area contributed by atoms with Crippen molar-refractivity contribution in [2.24, 2.45) is 0 Å². The second-order valence-electron chi connectivity index (χ2n) is 14.2. The Morgan fingerprint density at radius 3 is 0.865 bits per heavy atom. The first-order valence-corrected chi connectivity index (χ1v) is 21.3. The largest absolute Gasteiger partial charge is 0.208 e. The maximum Gasteiger partial charge on any atom is 0.164 e. The highest BCUT2D eigenvalue weighted by molar-refractivity contribution is 6.88. The zero-order valence-corrected chi connectivity index (χ0v) is 30.7. The van der Waals surface area contributed by atoms with Crippen LogP contribution in [0.2, 0.25) is 19.6 Å². The predicted molar refractivity (Wildman–Crippen MR) is 221 cm³/mol. The zero-order chi connectivity index (χ0) is 35.5. The summed E-state index contributed by atoms with van der Waals surface area (Å²) < 4.78 is 0.